The number of hydrogen-bond acceptors (Lipinski definition) is 4. The molecule has 24 heavy (non-hydrogen) atoms. The van der Waals surface area contributed by atoms with Crippen LogP contribution in [-0.4, -0.2) is 25.5 Å². The van der Waals surface area contributed by atoms with Crippen LogP contribution < -0.4 is 5.32 Å². The molecule has 1 saturated carbocycles. The van der Waals surface area contributed by atoms with Crippen LogP contribution in [0.25, 0.3) is 11.2 Å². The van der Waals surface area contributed by atoms with Gasteiger partial charge in [-0.05, 0) is 42.7 Å². The first-order chi connectivity index (χ1) is 11.7. The summed E-state index contributed by atoms with van der Waals surface area (Å²) in [7, 11) is 0. The number of aliphatic hydroxyl groups excluding tert-OH is 1. The Bertz CT molecular complexity index is 933. The molecule has 7 heteroatoms. The molecular weight excluding hydrogens is 328 g/mol. The number of halogens is 1. The van der Waals surface area contributed by atoms with Crippen LogP contribution in [0.1, 0.15) is 34.8 Å². The van der Waals surface area contributed by atoms with Gasteiger partial charge < -0.3 is 15.0 Å². The first-order valence-electron chi connectivity index (χ1n) is 7.69. The minimum absolute atomic E-state index is 0.186. The molecule has 0 aliphatic heterocycles. The Morgan fingerprint density at radius 1 is 1.33 bits per heavy atom. The van der Waals surface area contributed by atoms with E-state index >= 15 is 0 Å². The van der Waals surface area contributed by atoms with Gasteiger partial charge in [-0.25, -0.2) is 9.97 Å². The van der Waals surface area contributed by atoms with Crippen molar-refractivity contribution < 1.29 is 9.90 Å². The SMILES string of the molecule is O=C(Nc1ccc(Cl)c(CO)c1)c1cnc2c(c1)ncn2C1CC1. The molecule has 2 N–H and O–H groups in total. The molecule has 0 radical (unpaired) electrons. The maximum atomic E-state index is 12.4. The molecule has 2 aromatic heterocycles. The van der Waals surface area contributed by atoms with Crippen molar-refractivity contribution in [2.75, 3.05) is 5.32 Å². The lowest BCUT2D eigenvalue weighted by atomic mass is 10.2. The van der Waals surface area contributed by atoms with Gasteiger partial charge in [-0.3, -0.25) is 4.79 Å². The van der Waals surface area contributed by atoms with Crippen molar-refractivity contribution in [1.82, 2.24) is 14.5 Å². The molecule has 1 aromatic carbocycles. The molecule has 0 spiro atoms. The lowest BCUT2D eigenvalue weighted by Gasteiger charge is -2.08. The van der Waals surface area contributed by atoms with Gasteiger partial charge in [0.05, 0.1) is 18.5 Å². The van der Waals surface area contributed by atoms with E-state index in [1.165, 1.54) is 0 Å². The second-order valence-electron chi connectivity index (χ2n) is 5.87. The molecule has 0 unspecified atom stereocenters. The van der Waals surface area contributed by atoms with Crippen LogP contribution in [0.4, 0.5) is 5.69 Å². The number of fused-ring (bicyclic) bond motifs is 1. The minimum atomic E-state index is -0.281. The highest BCUT2D eigenvalue weighted by atomic mass is 35.5. The number of amides is 1. The number of carbonyl (C=O) groups excluding carboxylic acids is 1. The van der Waals surface area contributed by atoms with Crippen LogP contribution >= 0.6 is 11.6 Å². The summed E-state index contributed by atoms with van der Waals surface area (Å²) in [6.07, 6.45) is 5.64. The molecule has 0 atom stereocenters. The summed E-state index contributed by atoms with van der Waals surface area (Å²) >= 11 is 5.95. The molecule has 0 bridgehead atoms. The van der Waals surface area contributed by atoms with Crippen molar-refractivity contribution in [1.29, 1.82) is 0 Å². The predicted molar refractivity (Wildman–Crippen MR) is 91.1 cm³/mol. The molecule has 1 amide bonds. The van der Waals surface area contributed by atoms with Crippen molar-refractivity contribution >= 4 is 34.4 Å². The summed E-state index contributed by atoms with van der Waals surface area (Å²) in [6.45, 7) is -0.186. The molecule has 1 aliphatic rings. The Hall–Kier alpha value is -2.44. The van der Waals surface area contributed by atoms with E-state index in [-0.39, 0.29) is 12.5 Å². The minimum Gasteiger partial charge on any atom is -0.392 e. The van der Waals surface area contributed by atoms with Crippen molar-refractivity contribution in [3.63, 3.8) is 0 Å². The summed E-state index contributed by atoms with van der Waals surface area (Å²) in [5.74, 6) is -0.281. The number of benzene rings is 1. The number of hydrogen-bond donors (Lipinski definition) is 2. The van der Waals surface area contributed by atoms with Crippen LogP contribution in [0, 0.1) is 0 Å². The number of carbonyl (C=O) groups is 1. The van der Waals surface area contributed by atoms with E-state index in [4.69, 9.17) is 11.6 Å². The van der Waals surface area contributed by atoms with Gasteiger partial charge >= 0.3 is 0 Å². The summed E-state index contributed by atoms with van der Waals surface area (Å²) in [5, 5.41) is 12.5. The second-order valence-corrected chi connectivity index (χ2v) is 6.28. The highest BCUT2D eigenvalue weighted by Crippen LogP contribution is 2.36. The van der Waals surface area contributed by atoms with Crippen LogP contribution in [-0.2, 0) is 6.61 Å². The molecule has 0 saturated heterocycles. The molecule has 122 valence electrons. The molecule has 2 heterocycles. The maximum absolute atomic E-state index is 12.4. The Kier molecular flexibility index (Phi) is 3.70. The number of nitrogens with one attached hydrogen (secondary N) is 1. The smallest absolute Gasteiger partial charge is 0.257 e. The monoisotopic (exact) mass is 342 g/mol. The Morgan fingerprint density at radius 3 is 2.92 bits per heavy atom. The summed E-state index contributed by atoms with van der Waals surface area (Å²) < 4.78 is 2.06. The van der Waals surface area contributed by atoms with Gasteiger partial charge in [0, 0.05) is 22.9 Å². The van der Waals surface area contributed by atoms with E-state index in [1.54, 1.807) is 36.8 Å². The predicted octanol–water partition coefficient (Wildman–Crippen LogP) is 3.16. The third kappa shape index (κ3) is 2.74. The van der Waals surface area contributed by atoms with Crippen molar-refractivity contribution in [3.8, 4) is 0 Å². The number of rotatable bonds is 4. The molecule has 6 nitrogen and oxygen atoms in total. The summed E-state index contributed by atoms with van der Waals surface area (Å²) in [4.78, 5) is 21.1. The standard InChI is InChI=1S/C17H15ClN4O2/c18-14-4-1-12(5-11(14)8-23)21-17(24)10-6-15-16(19-7-10)22(9-20-15)13-2-3-13/h1,4-7,9,13,23H,2-3,8H2,(H,21,24). The first-order valence-corrected chi connectivity index (χ1v) is 8.07. The fourth-order valence-corrected chi connectivity index (χ4v) is 2.82. The van der Waals surface area contributed by atoms with Gasteiger partial charge in [0.1, 0.15) is 5.52 Å². The van der Waals surface area contributed by atoms with E-state index in [2.05, 4.69) is 19.9 Å². The molecule has 4 rings (SSSR count). The Labute approximate surface area is 143 Å². The second kappa shape index (κ2) is 5.89. The van der Waals surface area contributed by atoms with E-state index in [0.717, 1.165) is 18.5 Å². The highest BCUT2D eigenvalue weighted by molar-refractivity contribution is 6.31. The number of nitrogens with zero attached hydrogens (tertiary/aromatic N) is 3. The topological polar surface area (TPSA) is 80.0 Å². The van der Waals surface area contributed by atoms with Crippen LogP contribution in [0.2, 0.25) is 5.02 Å². The van der Waals surface area contributed by atoms with Crippen LogP contribution in [0.3, 0.4) is 0 Å². The number of aromatic nitrogens is 3. The molecule has 3 aromatic rings. The van der Waals surface area contributed by atoms with Gasteiger partial charge in [-0.15, -0.1) is 0 Å². The molecule has 1 fully saturated rings. The lowest BCUT2D eigenvalue weighted by molar-refractivity contribution is 0.102. The van der Waals surface area contributed by atoms with Gasteiger partial charge in [0.15, 0.2) is 5.65 Å². The zero-order chi connectivity index (χ0) is 16.7. The highest BCUT2D eigenvalue weighted by Gasteiger charge is 2.25. The van der Waals surface area contributed by atoms with Gasteiger partial charge in [-0.1, -0.05) is 11.6 Å². The van der Waals surface area contributed by atoms with Crippen molar-refractivity contribution in [2.24, 2.45) is 0 Å². The Balaban J connectivity index is 1.59. The van der Waals surface area contributed by atoms with Gasteiger partial charge in [0.25, 0.3) is 5.91 Å². The van der Waals surface area contributed by atoms with Crippen molar-refractivity contribution in [2.45, 2.75) is 25.5 Å². The van der Waals surface area contributed by atoms with Crippen LogP contribution in [0.5, 0.6) is 0 Å². The fraction of sp³-hybridized carbons (Fsp3) is 0.235. The molecular formula is C17H15ClN4O2. The third-order valence-corrected chi connectivity index (χ3v) is 4.46. The quantitative estimate of drug-likeness (QED) is 0.763. The number of imidazole rings is 1. The number of anilines is 1. The van der Waals surface area contributed by atoms with Gasteiger partial charge in [-0.2, -0.15) is 0 Å². The third-order valence-electron chi connectivity index (χ3n) is 4.09. The van der Waals surface area contributed by atoms with E-state index in [0.29, 0.717) is 33.4 Å². The zero-order valence-corrected chi connectivity index (χ0v) is 13.5. The molecule has 1 aliphatic carbocycles. The van der Waals surface area contributed by atoms with Gasteiger partial charge in [0.2, 0.25) is 0 Å². The Morgan fingerprint density at radius 2 is 2.17 bits per heavy atom. The normalized spacial score (nSPS) is 14.1. The lowest BCUT2D eigenvalue weighted by Crippen LogP contribution is -2.12. The largest absolute Gasteiger partial charge is 0.392 e. The fourth-order valence-electron chi connectivity index (χ4n) is 2.64. The van der Waals surface area contributed by atoms with E-state index < -0.39 is 0 Å². The number of pyridine rings is 1. The average molecular weight is 343 g/mol. The maximum Gasteiger partial charge on any atom is 0.257 e. The summed E-state index contributed by atoms with van der Waals surface area (Å²) in [6, 6.07) is 7.20. The number of aliphatic hydroxyl groups is 1. The average Bonchev–Trinajstić information content (AvgIpc) is 3.35. The van der Waals surface area contributed by atoms with Crippen LogP contribution in [0.15, 0.2) is 36.8 Å². The zero-order valence-electron chi connectivity index (χ0n) is 12.7. The van der Waals surface area contributed by atoms with E-state index in [1.807, 2.05) is 0 Å². The first kappa shape index (κ1) is 15.1. The summed E-state index contributed by atoms with van der Waals surface area (Å²) in [5.41, 5.74) is 3.08. The van der Waals surface area contributed by atoms with E-state index in [9.17, 15) is 9.90 Å². The van der Waals surface area contributed by atoms with Crippen molar-refractivity contribution in [3.05, 3.63) is 52.9 Å².